The summed E-state index contributed by atoms with van der Waals surface area (Å²) in [6, 6.07) is 20.7. The third-order valence-electron chi connectivity index (χ3n) is 5.15. The third kappa shape index (κ3) is 5.27. The number of aryl methyl sites for hydroxylation is 1. The van der Waals surface area contributed by atoms with Crippen LogP contribution in [0, 0.1) is 0 Å². The smallest absolute Gasteiger partial charge is 0.119 e. The van der Waals surface area contributed by atoms with Crippen molar-refractivity contribution in [3.05, 3.63) is 71.6 Å². The number of aliphatic hydroxyl groups is 1. The van der Waals surface area contributed by atoms with Gasteiger partial charge in [0.15, 0.2) is 0 Å². The molecule has 2 unspecified atom stereocenters. The lowest BCUT2D eigenvalue weighted by atomic mass is 10.1. The minimum absolute atomic E-state index is 0.259. The van der Waals surface area contributed by atoms with E-state index in [4.69, 9.17) is 4.74 Å². The molecule has 0 saturated heterocycles. The first kappa shape index (κ1) is 20.6. The summed E-state index contributed by atoms with van der Waals surface area (Å²) in [5.74, 6) is 0.743. The molecular weight excluding hydrogens is 394 g/mol. The second-order valence-corrected chi connectivity index (χ2v) is 8.47. The molecular formula is C24H27N3O2S. The van der Waals surface area contributed by atoms with E-state index >= 15 is 0 Å². The van der Waals surface area contributed by atoms with Gasteiger partial charge < -0.3 is 15.2 Å². The fourth-order valence-corrected chi connectivity index (χ4v) is 4.23. The minimum Gasteiger partial charge on any atom is -0.491 e. The number of hydrogen-bond acceptors (Lipinski definition) is 5. The molecule has 2 atom stereocenters. The normalized spacial score (nSPS) is 13.4. The number of aliphatic hydroxyl groups excluding tert-OH is 1. The van der Waals surface area contributed by atoms with E-state index in [0.717, 1.165) is 40.1 Å². The Morgan fingerprint density at radius 2 is 1.90 bits per heavy atom. The van der Waals surface area contributed by atoms with Gasteiger partial charge in [0.25, 0.3) is 0 Å². The first-order valence-electron chi connectivity index (χ1n) is 10.3. The molecule has 0 aliphatic rings. The number of thiophene rings is 1. The Morgan fingerprint density at radius 1 is 1.10 bits per heavy atom. The van der Waals surface area contributed by atoms with E-state index in [1.165, 1.54) is 5.56 Å². The van der Waals surface area contributed by atoms with Gasteiger partial charge in [0, 0.05) is 18.2 Å². The number of ether oxygens (including phenoxy) is 1. The van der Waals surface area contributed by atoms with Gasteiger partial charge in [-0.3, -0.25) is 5.10 Å². The standard InChI is InChI=1S/C24H27N3O2S/c1-17(7-8-18-5-3-2-4-6-18)25-15-20(28)16-29-21-11-9-19(10-12-21)23-24-22(26-27-23)13-14-30-24/h2-6,9-14,17,20,25,28H,7-8,15-16H2,1H3,(H,26,27). The molecule has 2 heterocycles. The number of nitrogens with one attached hydrogen (secondary N) is 2. The van der Waals surface area contributed by atoms with Crippen molar-refractivity contribution in [1.29, 1.82) is 0 Å². The summed E-state index contributed by atoms with van der Waals surface area (Å²) in [5.41, 5.74) is 4.41. The molecule has 0 saturated carbocycles. The average molecular weight is 422 g/mol. The molecule has 0 bridgehead atoms. The summed E-state index contributed by atoms with van der Waals surface area (Å²) in [6.45, 7) is 2.92. The molecule has 0 amide bonds. The number of aromatic amines is 1. The summed E-state index contributed by atoms with van der Waals surface area (Å²) in [7, 11) is 0. The van der Waals surface area contributed by atoms with Crippen LogP contribution in [0.25, 0.3) is 21.5 Å². The van der Waals surface area contributed by atoms with E-state index in [2.05, 4.69) is 52.1 Å². The largest absolute Gasteiger partial charge is 0.491 e. The van der Waals surface area contributed by atoms with Gasteiger partial charge in [-0.2, -0.15) is 5.10 Å². The molecule has 3 N–H and O–H groups in total. The molecule has 0 spiro atoms. The van der Waals surface area contributed by atoms with Crippen LogP contribution in [-0.2, 0) is 6.42 Å². The average Bonchev–Trinajstić information content (AvgIpc) is 3.40. The van der Waals surface area contributed by atoms with E-state index in [-0.39, 0.29) is 6.61 Å². The number of aromatic nitrogens is 2. The van der Waals surface area contributed by atoms with E-state index in [9.17, 15) is 5.11 Å². The maximum absolute atomic E-state index is 10.2. The molecule has 2 aromatic heterocycles. The molecule has 0 aliphatic heterocycles. The Kier molecular flexibility index (Phi) is 6.79. The van der Waals surface area contributed by atoms with Crippen molar-refractivity contribution in [3.63, 3.8) is 0 Å². The maximum atomic E-state index is 10.2. The third-order valence-corrected chi connectivity index (χ3v) is 6.07. The number of nitrogens with zero attached hydrogens (tertiary/aromatic N) is 1. The van der Waals surface area contributed by atoms with Crippen molar-refractivity contribution in [2.24, 2.45) is 0 Å². The fraction of sp³-hybridized carbons (Fsp3) is 0.292. The van der Waals surface area contributed by atoms with Crippen LogP contribution in [0.1, 0.15) is 18.9 Å². The Bertz CT molecular complexity index is 1040. The quantitative estimate of drug-likeness (QED) is 0.349. The molecule has 0 aliphatic carbocycles. The van der Waals surface area contributed by atoms with Gasteiger partial charge in [-0.05, 0) is 61.0 Å². The lowest BCUT2D eigenvalue weighted by Crippen LogP contribution is -2.36. The van der Waals surface area contributed by atoms with E-state index in [0.29, 0.717) is 12.6 Å². The van der Waals surface area contributed by atoms with Gasteiger partial charge in [-0.1, -0.05) is 30.3 Å². The minimum atomic E-state index is -0.555. The molecule has 4 rings (SSSR count). The van der Waals surface area contributed by atoms with Gasteiger partial charge in [0.2, 0.25) is 0 Å². The highest BCUT2D eigenvalue weighted by molar-refractivity contribution is 7.17. The summed E-state index contributed by atoms with van der Waals surface area (Å²) in [4.78, 5) is 0. The second kappa shape index (κ2) is 9.89. The summed E-state index contributed by atoms with van der Waals surface area (Å²) >= 11 is 1.68. The van der Waals surface area contributed by atoms with Crippen LogP contribution in [0.15, 0.2) is 66.0 Å². The van der Waals surface area contributed by atoms with Crippen molar-refractivity contribution < 1.29 is 9.84 Å². The van der Waals surface area contributed by atoms with Gasteiger partial charge >= 0.3 is 0 Å². The Morgan fingerprint density at radius 3 is 2.70 bits per heavy atom. The van der Waals surface area contributed by atoms with Crippen molar-refractivity contribution in [2.45, 2.75) is 31.9 Å². The Balaban J connectivity index is 1.20. The Hall–Kier alpha value is -2.67. The van der Waals surface area contributed by atoms with Crippen LogP contribution in [0.5, 0.6) is 5.75 Å². The van der Waals surface area contributed by atoms with Gasteiger partial charge in [0.1, 0.15) is 24.2 Å². The number of benzene rings is 2. The summed E-state index contributed by atoms with van der Waals surface area (Å²) in [5, 5.41) is 23.1. The molecule has 5 nitrogen and oxygen atoms in total. The van der Waals surface area contributed by atoms with E-state index in [1.807, 2.05) is 36.4 Å². The van der Waals surface area contributed by atoms with Crippen LogP contribution in [0.3, 0.4) is 0 Å². The second-order valence-electron chi connectivity index (χ2n) is 7.56. The van der Waals surface area contributed by atoms with Crippen molar-refractivity contribution >= 4 is 21.6 Å². The zero-order valence-corrected chi connectivity index (χ0v) is 17.9. The highest BCUT2D eigenvalue weighted by Gasteiger charge is 2.11. The van der Waals surface area contributed by atoms with Crippen molar-refractivity contribution in [3.8, 4) is 17.0 Å². The van der Waals surface area contributed by atoms with Crippen LogP contribution in [-0.4, -0.2) is 40.6 Å². The fourth-order valence-electron chi connectivity index (χ4n) is 3.37. The predicted molar refractivity (Wildman–Crippen MR) is 123 cm³/mol. The molecule has 4 aromatic rings. The number of rotatable bonds is 10. The lowest BCUT2D eigenvalue weighted by molar-refractivity contribution is 0.104. The molecule has 6 heteroatoms. The first-order chi connectivity index (χ1) is 14.7. The monoisotopic (exact) mass is 421 g/mol. The molecule has 0 fully saturated rings. The summed E-state index contributed by atoms with van der Waals surface area (Å²) in [6.07, 6.45) is 1.51. The molecule has 156 valence electrons. The highest BCUT2D eigenvalue weighted by atomic mass is 32.1. The molecule has 30 heavy (non-hydrogen) atoms. The van der Waals surface area contributed by atoms with Crippen LogP contribution < -0.4 is 10.1 Å². The first-order valence-corrected chi connectivity index (χ1v) is 11.2. The van der Waals surface area contributed by atoms with Gasteiger partial charge in [-0.15, -0.1) is 11.3 Å². The van der Waals surface area contributed by atoms with Crippen LogP contribution in [0.4, 0.5) is 0 Å². The van der Waals surface area contributed by atoms with Crippen LogP contribution in [0.2, 0.25) is 0 Å². The zero-order valence-electron chi connectivity index (χ0n) is 17.0. The van der Waals surface area contributed by atoms with Crippen molar-refractivity contribution in [2.75, 3.05) is 13.2 Å². The number of H-pyrrole nitrogens is 1. The zero-order chi connectivity index (χ0) is 20.8. The van der Waals surface area contributed by atoms with E-state index in [1.54, 1.807) is 11.3 Å². The SMILES string of the molecule is CC(CCc1ccccc1)NCC(O)COc1ccc(-c2n[nH]c3ccsc23)cc1. The number of hydrogen-bond donors (Lipinski definition) is 3. The number of fused-ring (bicyclic) bond motifs is 1. The highest BCUT2D eigenvalue weighted by Crippen LogP contribution is 2.31. The maximum Gasteiger partial charge on any atom is 0.119 e. The topological polar surface area (TPSA) is 70.2 Å². The van der Waals surface area contributed by atoms with E-state index < -0.39 is 6.10 Å². The van der Waals surface area contributed by atoms with Gasteiger partial charge in [-0.25, -0.2) is 0 Å². The Labute approximate surface area is 180 Å². The van der Waals surface area contributed by atoms with Crippen LogP contribution >= 0.6 is 11.3 Å². The molecule has 2 aromatic carbocycles. The van der Waals surface area contributed by atoms with Gasteiger partial charge in [0.05, 0.1) is 10.2 Å². The lowest BCUT2D eigenvalue weighted by Gasteiger charge is -2.17. The summed E-state index contributed by atoms with van der Waals surface area (Å²) < 4.78 is 6.92. The van der Waals surface area contributed by atoms with Crippen molar-refractivity contribution in [1.82, 2.24) is 15.5 Å². The molecule has 0 radical (unpaired) electrons. The predicted octanol–water partition coefficient (Wildman–Crippen LogP) is 4.64.